The Morgan fingerprint density at radius 2 is 1.95 bits per heavy atom. The molecule has 2 aromatic rings. The number of rotatable bonds is 4. The second-order valence-electron chi connectivity index (χ2n) is 6.17. The van der Waals surface area contributed by atoms with Crippen molar-refractivity contribution < 1.29 is 0 Å². The Labute approximate surface area is 127 Å². The third-order valence-electron chi connectivity index (χ3n) is 4.89. The summed E-state index contributed by atoms with van der Waals surface area (Å²) in [6.45, 7) is 3.06. The van der Waals surface area contributed by atoms with Gasteiger partial charge in [0, 0.05) is 30.9 Å². The Kier molecular flexibility index (Phi) is 4.39. The van der Waals surface area contributed by atoms with E-state index in [9.17, 15) is 0 Å². The summed E-state index contributed by atoms with van der Waals surface area (Å²) in [6.07, 6.45) is 7.26. The summed E-state index contributed by atoms with van der Waals surface area (Å²) >= 11 is 0. The molecule has 1 fully saturated rings. The highest BCUT2D eigenvalue weighted by Gasteiger charge is 2.26. The van der Waals surface area contributed by atoms with E-state index in [2.05, 4.69) is 47.7 Å². The van der Waals surface area contributed by atoms with E-state index in [1.165, 1.54) is 42.5 Å². The number of aromatic nitrogens is 2. The predicted molar refractivity (Wildman–Crippen MR) is 86.2 cm³/mol. The molecular weight excluding hydrogens is 258 g/mol. The number of hydrogen-bond donors (Lipinski definition) is 1. The molecule has 2 unspecified atom stereocenters. The highest BCUT2D eigenvalue weighted by atomic mass is 15.3. The van der Waals surface area contributed by atoms with Crippen LogP contribution in [0.3, 0.4) is 0 Å². The summed E-state index contributed by atoms with van der Waals surface area (Å²) < 4.78 is 1.95. The Balaban J connectivity index is 1.69. The molecule has 2 atom stereocenters. The highest BCUT2D eigenvalue weighted by molar-refractivity contribution is 5.22. The minimum atomic E-state index is 0.584. The average molecular weight is 283 g/mol. The number of benzene rings is 1. The Morgan fingerprint density at radius 1 is 1.19 bits per heavy atom. The molecule has 1 aliphatic carbocycles. The Hall–Kier alpha value is -1.61. The van der Waals surface area contributed by atoms with Gasteiger partial charge >= 0.3 is 0 Å². The molecule has 0 amide bonds. The standard InChI is InChI=1S/C18H25N3/c1-14-16(13-20-21(14)2)12-19-18-11-7-6-10-17(18)15-8-4-3-5-9-15/h3-5,8-9,13,17-19H,6-7,10-12H2,1-2H3. The number of nitrogens with zero attached hydrogens (tertiary/aromatic N) is 2. The Bertz CT molecular complexity index is 573. The number of hydrogen-bond acceptors (Lipinski definition) is 2. The van der Waals surface area contributed by atoms with Gasteiger partial charge in [-0.3, -0.25) is 4.68 Å². The summed E-state index contributed by atoms with van der Waals surface area (Å²) in [5.74, 6) is 0.650. The lowest BCUT2D eigenvalue weighted by molar-refractivity contribution is 0.326. The predicted octanol–water partition coefficient (Wildman–Crippen LogP) is 3.54. The molecule has 0 aliphatic heterocycles. The van der Waals surface area contributed by atoms with Crippen molar-refractivity contribution in [3.8, 4) is 0 Å². The van der Waals surface area contributed by atoms with E-state index in [-0.39, 0.29) is 0 Å². The van der Waals surface area contributed by atoms with Gasteiger partial charge in [0.15, 0.2) is 0 Å². The molecule has 1 aliphatic rings. The van der Waals surface area contributed by atoms with Crippen LogP contribution in [0.15, 0.2) is 36.5 Å². The minimum absolute atomic E-state index is 0.584. The monoisotopic (exact) mass is 283 g/mol. The van der Waals surface area contributed by atoms with Gasteiger partial charge in [0.05, 0.1) is 6.20 Å². The van der Waals surface area contributed by atoms with Crippen LogP contribution in [-0.4, -0.2) is 15.8 Å². The summed E-state index contributed by atoms with van der Waals surface area (Å²) in [7, 11) is 2.01. The molecule has 0 spiro atoms. The molecule has 3 rings (SSSR count). The van der Waals surface area contributed by atoms with Crippen molar-refractivity contribution in [2.24, 2.45) is 7.05 Å². The van der Waals surface area contributed by atoms with Crippen LogP contribution in [-0.2, 0) is 13.6 Å². The fraction of sp³-hybridized carbons (Fsp3) is 0.500. The molecule has 3 heteroatoms. The van der Waals surface area contributed by atoms with Crippen molar-refractivity contribution in [3.05, 3.63) is 53.3 Å². The van der Waals surface area contributed by atoms with Crippen LogP contribution in [0.25, 0.3) is 0 Å². The van der Waals surface area contributed by atoms with Crippen LogP contribution >= 0.6 is 0 Å². The average Bonchev–Trinajstić information content (AvgIpc) is 2.86. The van der Waals surface area contributed by atoms with Gasteiger partial charge in [-0.2, -0.15) is 5.10 Å². The Morgan fingerprint density at radius 3 is 2.67 bits per heavy atom. The van der Waals surface area contributed by atoms with Crippen molar-refractivity contribution in [2.45, 2.75) is 51.1 Å². The molecular formula is C18H25N3. The van der Waals surface area contributed by atoms with Gasteiger partial charge in [0.1, 0.15) is 0 Å². The van der Waals surface area contributed by atoms with Gasteiger partial charge in [-0.05, 0) is 31.2 Å². The van der Waals surface area contributed by atoms with Crippen LogP contribution in [0.1, 0.15) is 48.4 Å². The molecule has 3 nitrogen and oxygen atoms in total. The maximum absolute atomic E-state index is 4.33. The fourth-order valence-electron chi connectivity index (χ4n) is 3.43. The first-order valence-corrected chi connectivity index (χ1v) is 8.01. The SMILES string of the molecule is Cc1c(CNC2CCCCC2c2ccccc2)cnn1C. The normalized spacial score (nSPS) is 22.4. The molecule has 1 heterocycles. The van der Waals surface area contributed by atoms with Crippen molar-refractivity contribution in [3.63, 3.8) is 0 Å². The smallest absolute Gasteiger partial charge is 0.0537 e. The zero-order chi connectivity index (χ0) is 14.7. The third-order valence-corrected chi connectivity index (χ3v) is 4.89. The van der Waals surface area contributed by atoms with Gasteiger partial charge in [0.2, 0.25) is 0 Å². The lowest BCUT2D eigenvalue weighted by atomic mass is 9.80. The maximum Gasteiger partial charge on any atom is 0.0537 e. The topological polar surface area (TPSA) is 29.9 Å². The van der Waals surface area contributed by atoms with Crippen molar-refractivity contribution in [2.75, 3.05) is 0 Å². The first-order valence-electron chi connectivity index (χ1n) is 8.01. The minimum Gasteiger partial charge on any atom is -0.309 e. The summed E-state index contributed by atoms with van der Waals surface area (Å²) in [6, 6.07) is 11.6. The van der Waals surface area contributed by atoms with E-state index in [4.69, 9.17) is 0 Å². The van der Waals surface area contributed by atoms with Gasteiger partial charge in [0.25, 0.3) is 0 Å². The second-order valence-corrected chi connectivity index (χ2v) is 6.17. The first-order chi connectivity index (χ1) is 10.3. The third kappa shape index (κ3) is 3.18. The lowest BCUT2D eigenvalue weighted by Gasteiger charge is -2.32. The number of nitrogens with one attached hydrogen (secondary N) is 1. The second kappa shape index (κ2) is 6.44. The largest absolute Gasteiger partial charge is 0.309 e. The summed E-state index contributed by atoms with van der Waals surface area (Å²) in [5.41, 5.74) is 4.06. The van der Waals surface area contributed by atoms with Crippen LogP contribution in [0.2, 0.25) is 0 Å². The molecule has 1 N–H and O–H groups in total. The van der Waals surface area contributed by atoms with Crippen LogP contribution in [0.4, 0.5) is 0 Å². The van der Waals surface area contributed by atoms with Crippen LogP contribution in [0, 0.1) is 6.92 Å². The van der Waals surface area contributed by atoms with Gasteiger partial charge < -0.3 is 5.32 Å². The quantitative estimate of drug-likeness (QED) is 0.930. The first kappa shape index (κ1) is 14.3. The van der Waals surface area contributed by atoms with Crippen molar-refractivity contribution in [1.29, 1.82) is 0 Å². The lowest BCUT2D eigenvalue weighted by Crippen LogP contribution is -2.36. The number of aryl methyl sites for hydroxylation is 1. The van der Waals surface area contributed by atoms with E-state index in [1.807, 2.05) is 17.9 Å². The molecule has 0 saturated heterocycles. The summed E-state index contributed by atoms with van der Waals surface area (Å²) in [4.78, 5) is 0. The van der Waals surface area contributed by atoms with Gasteiger partial charge in [-0.15, -0.1) is 0 Å². The zero-order valence-electron chi connectivity index (χ0n) is 13.0. The molecule has 21 heavy (non-hydrogen) atoms. The fourth-order valence-corrected chi connectivity index (χ4v) is 3.43. The summed E-state index contributed by atoms with van der Waals surface area (Å²) in [5, 5.41) is 8.12. The van der Waals surface area contributed by atoms with Crippen molar-refractivity contribution >= 4 is 0 Å². The van der Waals surface area contributed by atoms with Crippen LogP contribution in [0.5, 0.6) is 0 Å². The van der Waals surface area contributed by atoms with Gasteiger partial charge in [-0.25, -0.2) is 0 Å². The zero-order valence-corrected chi connectivity index (χ0v) is 13.0. The van der Waals surface area contributed by atoms with E-state index in [0.29, 0.717) is 12.0 Å². The molecule has 1 saturated carbocycles. The van der Waals surface area contributed by atoms with Crippen molar-refractivity contribution in [1.82, 2.24) is 15.1 Å². The molecule has 1 aromatic carbocycles. The highest BCUT2D eigenvalue weighted by Crippen LogP contribution is 2.33. The van der Waals surface area contributed by atoms with Crippen LogP contribution < -0.4 is 5.32 Å². The maximum atomic E-state index is 4.33. The van der Waals surface area contributed by atoms with E-state index in [1.54, 1.807) is 0 Å². The molecule has 112 valence electrons. The van der Waals surface area contributed by atoms with E-state index < -0.39 is 0 Å². The van der Waals surface area contributed by atoms with E-state index in [0.717, 1.165) is 6.54 Å². The van der Waals surface area contributed by atoms with E-state index >= 15 is 0 Å². The molecule has 1 aromatic heterocycles. The molecule has 0 bridgehead atoms. The molecule has 0 radical (unpaired) electrons. The van der Waals surface area contributed by atoms with Gasteiger partial charge in [-0.1, -0.05) is 43.2 Å².